The monoisotopic (exact) mass is 359 g/mol. The summed E-state index contributed by atoms with van der Waals surface area (Å²) in [5.74, 6) is 0.456. The van der Waals surface area contributed by atoms with Crippen molar-refractivity contribution >= 4 is 29.1 Å². The molecule has 2 aromatic rings. The Morgan fingerprint density at radius 2 is 1.96 bits per heavy atom. The molecule has 6 nitrogen and oxygen atoms in total. The molecule has 7 heteroatoms. The maximum Gasteiger partial charge on any atom is 0.270 e. The highest BCUT2D eigenvalue weighted by atomic mass is 35.5. The summed E-state index contributed by atoms with van der Waals surface area (Å²) >= 11 is 6.08. The van der Waals surface area contributed by atoms with Crippen LogP contribution in [0.4, 0.5) is 11.6 Å². The van der Waals surface area contributed by atoms with Gasteiger partial charge in [0.25, 0.3) is 5.91 Å². The minimum atomic E-state index is -0.150. The van der Waals surface area contributed by atoms with Gasteiger partial charge in [-0.3, -0.25) is 4.79 Å². The van der Waals surface area contributed by atoms with Gasteiger partial charge in [-0.05, 0) is 30.7 Å². The van der Waals surface area contributed by atoms with Crippen LogP contribution in [0.2, 0.25) is 5.02 Å². The fraction of sp³-hybridized carbons (Fsp3) is 0.389. The van der Waals surface area contributed by atoms with Crippen molar-refractivity contribution in [1.82, 2.24) is 15.3 Å². The summed E-state index contributed by atoms with van der Waals surface area (Å²) in [5.41, 5.74) is 1.54. The molecule has 25 heavy (non-hydrogen) atoms. The number of carbonyl (C=O) groups excluding carboxylic acids is 1. The fourth-order valence-corrected chi connectivity index (χ4v) is 2.98. The summed E-state index contributed by atoms with van der Waals surface area (Å²) < 4.78 is 0. The number of rotatable bonds is 5. The predicted octanol–water partition coefficient (Wildman–Crippen LogP) is 2.60. The largest absolute Gasteiger partial charge is 0.368 e. The highest BCUT2D eigenvalue weighted by Gasteiger charge is 2.20. The van der Waals surface area contributed by atoms with E-state index in [1.165, 1.54) is 0 Å². The minimum Gasteiger partial charge on any atom is -0.368 e. The number of nitrogens with zero attached hydrogens (tertiary/aromatic N) is 4. The Labute approximate surface area is 152 Å². The minimum absolute atomic E-state index is 0.150. The molecule has 0 saturated carbocycles. The number of hydrogen-bond acceptors (Lipinski definition) is 5. The lowest BCUT2D eigenvalue weighted by atomic mass is 10.2. The molecule has 132 valence electrons. The molecule has 1 aromatic heterocycles. The first kappa shape index (κ1) is 17.5. The van der Waals surface area contributed by atoms with Crippen LogP contribution in [-0.4, -0.2) is 48.6 Å². The van der Waals surface area contributed by atoms with Gasteiger partial charge in [0.15, 0.2) is 0 Å². The predicted molar refractivity (Wildman–Crippen MR) is 101 cm³/mol. The Balaban J connectivity index is 1.64. The molecule has 1 saturated heterocycles. The summed E-state index contributed by atoms with van der Waals surface area (Å²) in [5, 5.41) is 3.59. The van der Waals surface area contributed by atoms with Gasteiger partial charge in [0.2, 0.25) is 5.95 Å². The van der Waals surface area contributed by atoms with E-state index >= 15 is 0 Å². The van der Waals surface area contributed by atoms with Crippen LogP contribution in [0.5, 0.6) is 0 Å². The molecule has 1 N–H and O–H groups in total. The van der Waals surface area contributed by atoms with Gasteiger partial charge in [-0.25, -0.2) is 9.97 Å². The zero-order valence-electron chi connectivity index (χ0n) is 14.3. The van der Waals surface area contributed by atoms with E-state index in [0.717, 1.165) is 43.3 Å². The summed E-state index contributed by atoms with van der Waals surface area (Å²) in [6, 6.07) is 9.54. The van der Waals surface area contributed by atoms with Crippen molar-refractivity contribution in [2.45, 2.75) is 13.3 Å². The van der Waals surface area contributed by atoms with Crippen LogP contribution < -0.4 is 15.1 Å². The van der Waals surface area contributed by atoms with Gasteiger partial charge in [0.1, 0.15) is 5.69 Å². The van der Waals surface area contributed by atoms with E-state index in [-0.39, 0.29) is 5.91 Å². The normalized spacial score (nSPS) is 14.5. The van der Waals surface area contributed by atoms with E-state index in [9.17, 15) is 4.79 Å². The van der Waals surface area contributed by atoms with Crippen LogP contribution in [0.15, 0.2) is 36.5 Å². The standard InChI is InChI=1S/C18H22ClN5O/c1-2-7-20-17(25)16-6-8-21-18(22-16)24-11-9-23(10-12-24)15-5-3-4-14(19)13-15/h3-6,8,13H,2,7,9-12H2,1H3,(H,20,25). The van der Waals surface area contributed by atoms with E-state index in [0.29, 0.717) is 18.2 Å². The molecule has 0 radical (unpaired) electrons. The third-order valence-corrected chi connectivity index (χ3v) is 4.38. The van der Waals surface area contributed by atoms with Crippen LogP contribution in [0.1, 0.15) is 23.8 Å². The Morgan fingerprint density at radius 3 is 2.68 bits per heavy atom. The van der Waals surface area contributed by atoms with E-state index in [2.05, 4.69) is 31.2 Å². The number of nitrogens with one attached hydrogen (secondary N) is 1. The average Bonchev–Trinajstić information content (AvgIpc) is 2.66. The number of amides is 1. The SMILES string of the molecule is CCCNC(=O)c1ccnc(N2CCN(c3cccc(Cl)c3)CC2)n1. The molecule has 0 aliphatic carbocycles. The number of benzene rings is 1. The number of aromatic nitrogens is 2. The van der Waals surface area contributed by atoms with Gasteiger partial charge in [0, 0.05) is 49.6 Å². The average molecular weight is 360 g/mol. The molecule has 1 aliphatic rings. The zero-order valence-corrected chi connectivity index (χ0v) is 15.0. The Kier molecular flexibility index (Phi) is 5.71. The summed E-state index contributed by atoms with van der Waals surface area (Å²) in [7, 11) is 0. The second-order valence-corrected chi connectivity index (χ2v) is 6.39. The van der Waals surface area contributed by atoms with Crippen LogP contribution in [-0.2, 0) is 0 Å². The van der Waals surface area contributed by atoms with Crippen molar-refractivity contribution in [2.75, 3.05) is 42.5 Å². The lowest BCUT2D eigenvalue weighted by Crippen LogP contribution is -2.47. The van der Waals surface area contributed by atoms with Gasteiger partial charge < -0.3 is 15.1 Å². The molecule has 3 rings (SSSR count). The van der Waals surface area contributed by atoms with Gasteiger partial charge in [-0.2, -0.15) is 0 Å². The van der Waals surface area contributed by atoms with Gasteiger partial charge in [-0.15, -0.1) is 0 Å². The molecule has 1 aliphatic heterocycles. The highest BCUT2D eigenvalue weighted by Crippen LogP contribution is 2.21. The molecular formula is C18H22ClN5O. The lowest BCUT2D eigenvalue weighted by Gasteiger charge is -2.36. The number of anilines is 2. The molecule has 0 spiro atoms. The van der Waals surface area contributed by atoms with E-state index < -0.39 is 0 Å². The van der Waals surface area contributed by atoms with E-state index in [4.69, 9.17) is 11.6 Å². The lowest BCUT2D eigenvalue weighted by molar-refractivity contribution is 0.0948. The number of halogens is 1. The van der Waals surface area contributed by atoms with E-state index in [1.54, 1.807) is 12.3 Å². The van der Waals surface area contributed by atoms with Crippen LogP contribution in [0.25, 0.3) is 0 Å². The molecule has 0 bridgehead atoms. The second-order valence-electron chi connectivity index (χ2n) is 5.95. The number of piperazine rings is 1. The van der Waals surface area contributed by atoms with Crippen LogP contribution in [0, 0.1) is 0 Å². The van der Waals surface area contributed by atoms with Crippen LogP contribution >= 0.6 is 11.6 Å². The van der Waals surface area contributed by atoms with Crippen molar-refractivity contribution in [3.8, 4) is 0 Å². The quantitative estimate of drug-likeness (QED) is 0.889. The Morgan fingerprint density at radius 1 is 1.20 bits per heavy atom. The van der Waals surface area contributed by atoms with Crippen molar-refractivity contribution in [1.29, 1.82) is 0 Å². The summed E-state index contributed by atoms with van der Waals surface area (Å²) in [4.78, 5) is 25.2. The van der Waals surface area contributed by atoms with Gasteiger partial charge in [0.05, 0.1) is 0 Å². The fourth-order valence-electron chi connectivity index (χ4n) is 2.79. The van der Waals surface area contributed by atoms with Crippen molar-refractivity contribution in [3.05, 3.63) is 47.2 Å². The molecule has 1 amide bonds. The van der Waals surface area contributed by atoms with Gasteiger partial charge in [-0.1, -0.05) is 24.6 Å². The van der Waals surface area contributed by atoms with E-state index in [1.807, 2.05) is 25.1 Å². The number of hydrogen-bond donors (Lipinski definition) is 1. The maximum atomic E-state index is 12.1. The first-order valence-corrected chi connectivity index (χ1v) is 8.92. The highest BCUT2D eigenvalue weighted by molar-refractivity contribution is 6.30. The third-order valence-electron chi connectivity index (χ3n) is 4.15. The molecular weight excluding hydrogens is 338 g/mol. The summed E-state index contributed by atoms with van der Waals surface area (Å²) in [6.45, 7) is 5.98. The Bertz CT molecular complexity index is 731. The van der Waals surface area contributed by atoms with Crippen molar-refractivity contribution < 1.29 is 4.79 Å². The smallest absolute Gasteiger partial charge is 0.270 e. The first-order valence-electron chi connectivity index (χ1n) is 8.54. The molecule has 0 unspecified atom stereocenters. The first-order chi connectivity index (χ1) is 12.2. The molecule has 0 atom stereocenters. The molecule has 2 heterocycles. The number of carbonyl (C=O) groups is 1. The maximum absolute atomic E-state index is 12.1. The van der Waals surface area contributed by atoms with Gasteiger partial charge >= 0.3 is 0 Å². The zero-order chi connectivity index (χ0) is 17.6. The third kappa shape index (κ3) is 4.39. The van der Waals surface area contributed by atoms with Crippen molar-refractivity contribution in [2.24, 2.45) is 0 Å². The molecule has 1 aromatic carbocycles. The topological polar surface area (TPSA) is 61.4 Å². The molecule has 1 fully saturated rings. The van der Waals surface area contributed by atoms with Crippen molar-refractivity contribution in [3.63, 3.8) is 0 Å². The second kappa shape index (κ2) is 8.16. The van der Waals surface area contributed by atoms with Crippen LogP contribution in [0.3, 0.4) is 0 Å². The summed E-state index contributed by atoms with van der Waals surface area (Å²) in [6.07, 6.45) is 2.54. The Hall–Kier alpha value is -2.34.